The Hall–Kier alpha value is -1.82. The lowest BCUT2D eigenvalue weighted by Gasteiger charge is -2.12. The largest absolute Gasteiger partial charge is 0.493 e. The van der Waals surface area contributed by atoms with Crippen LogP contribution in [0.15, 0.2) is 18.6 Å². The van der Waals surface area contributed by atoms with Gasteiger partial charge in [0.25, 0.3) is 0 Å². The van der Waals surface area contributed by atoms with Crippen molar-refractivity contribution in [2.24, 2.45) is 0 Å². The van der Waals surface area contributed by atoms with Gasteiger partial charge in [-0.1, -0.05) is 0 Å². The van der Waals surface area contributed by atoms with E-state index in [-0.39, 0.29) is 0 Å². The molecule has 0 saturated carbocycles. The zero-order valence-corrected chi connectivity index (χ0v) is 10.9. The van der Waals surface area contributed by atoms with Crippen LogP contribution in [0.4, 0.5) is 0 Å². The number of methoxy groups -OCH3 is 1. The highest BCUT2D eigenvalue weighted by Crippen LogP contribution is 2.29. The van der Waals surface area contributed by atoms with Crippen LogP contribution in [0, 0.1) is 0 Å². The van der Waals surface area contributed by atoms with Crippen molar-refractivity contribution in [3.63, 3.8) is 0 Å². The lowest BCUT2D eigenvalue weighted by Crippen LogP contribution is -2.09. The fourth-order valence-electron chi connectivity index (χ4n) is 1.91. The summed E-state index contributed by atoms with van der Waals surface area (Å²) in [7, 11) is 1.57. The summed E-state index contributed by atoms with van der Waals surface area (Å²) in [4.78, 5) is 0. The van der Waals surface area contributed by atoms with Gasteiger partial charge in [0.2, 0.25) is 0 Å². The predicted molar refractivity (Wildman–Crippen MR) is 66.4 cm³/mol. The molecule has 0 radical (unpaired) electrons. The average molecular weight is 250 g/mol. The van der Waals surface area contributed by atoms with E-state index in [2.05, 4.69) is 10.2 Å². The van der Waals surface area contributed by atoms with Gasteiger partial charge in [-0.3, -0.25) is 9.36 Å². The number of hydrogen-bond acceptors (Lipinski definition) is 4. The van der Waals surface area contributed by atoms with Gasteiger partial charge in [-0.15, -0.1) is 0 Å². The third-order valence-electron chi connectivity index (χ3n) is 2.92. The first-order chi connectivity index (χ1) is 8.71. The van der Waals surface area contributed by atoms with Gasteiger partial charge >= 0.3 is 0 Å². The molecule has 0 aromatic carbocycles. The molecule has 98 valence electrons. The molecule has 1 unspecified atom stereocenters. The number of rotatable bonds is 5. The summed E-state index contributed by atoms with van der Waals surface area (Å²) in [6.45, 7) is 5.42. The molecule has 2 aromatic heterocycles. The topological polar surface area (TPSA) is 65.1 Å². The zero-order valence-electron chi connectivity index (χ0n) is 10.9. The van der Waals surface area contributed by atoms with Gasteiger partial charge in [-0.2, -0.15) is 10.2 Å². The number of aliphatic hydroxyl groups is 1. The molecule has 2 aromatic rings. The van der Waals surface area contributed by atoms with Crippen LogP contribution in [0.2, 0.25) is 0 Å². The number of nitrogens with zero attached hydrogens (tertiary/aromatic N) is 4. The molecule has 1 atom stereocenters. The van der Waals surface area contributed by atoms with E-state index in [1.54, 1.807) is 28.9 Å². The molecule has 1 N–H and O–H groups in total. The molecule has 0 saturated heterocycles. The highest BCUT2D eigenvalue weighted by atomic mass is 16.5. The summed E-state index contributed by atoms with van der Waals surface area (Å²) in [6, 6.07) is 0. The Bertz CT molecular complexity index is 496. The second-order valence-electron chi connectivity index (χ2n) is 3.95. The summed E-state index contributed by atoms with van der Waals surface area (Å²) in [5.74, 6) is 0.591. The van der Waals surface area contributed by atoms with Crippen LogP contribution in [0.5, 0.6) is 5.75 Å². The monoisotopic (exact) mass is 250 g/mol. The van der Waals surface area contributed by atoms with E-state index in [0.29, 0.717) is 18.0 Å². The maximum atomic E-state index is 10.4. The Balaban J connectivity index is 2.37. The Morgan fingerprint density at radius 2 is 2.06 bits per heavy atom. The highest BCUT2D eigenvalue weighted by molar-refractivity contribution is 5.33. The van der Waals surface area contributed by atoms with Crippen LogP contribution < -0.4 is 4.74 Å². The summed E-state index contributed by atoms with van der Waals surface area (Å²) in [5.41, 5.74) is 1.40. The molecular formula is C12H18N4O2. The molecule has 0 aliphatic rings. The first kappa shape index (κ1) is 12.6. The van der Waals surface area contributed by atoms with Gasteiger partial charge in [0.05, 0.1) is 19.5 Å². The Labute approximate surface area is 106 Å². The lowest BCUT2D eigenvalue weighted by atomic mass is 10.1. The second-order valence-corrected chi connectivity index (χ2v) is 3.95. The highest BCUT2D eigenvalue weighted by Gasteiger charge is 2.22. The predicted octanol–water partition coefficient (Wildman–Crippen LogP) is 1.21. The molecule has 2 rings (SSSR count). The maximum Gasteiger partial charge on any atom is 0.163 e. The SMILES string of the molecule is CCn1cc(C(O)c2c(OC)cnn2CC)cn1. The van der Waals surface area contributed by atoms with E-state index in [1.165, 1.54) is 0 Å². The van der Waals surface area contributed by atoms with Crippen molar-refractivity contribution < 1.29 is 9.84 Å². The van der Waals surface area contributed by atoms with E-state index in [4.69, 9.17) is 4.74 Å². The van der Waals surface area contributed by atoms with E-state index in [0.717, 1.165) is 12.1 Å². The van der Waals surface area contributed by atoms with Crippen molar-refractivity contribution in [2.45, 2.75) is 33.0 Å². The Morgan fingerprint density at radius 3 is 2.61 bits per heavy atom. The fraction of sp³-hybridized carbons (Fsp3) is 0.500. The van der Waals surface area contributed by atoms with Gasteiger partial charge < -0.3 is 9.84 Å². The van der Waals surface area contributed by atoms with Crippen molar-refractivity contribution in [2.75, 3.05) is 7.11 Å². The van der Waals surface area contributed by atoms with Crippen LogP contribution >= 0.6 is 0 Å². The normalized spacial score (nSPS) is 12.7. The molecule has 0 fully saturated rings. The molecule has 0 aliphatic carbocycles. The van der Waals surface area contributed by atoms with Crippen molar-refractivity contribution in [1.82, 2.24) is 19.6 Å². The number of aliphatic hydroxyl groups excluding tert-OH is 1. The maximum absolute atomic E-state index is 10.4. The molecule has 18 heavy (non-hydrogen) atoms. The molecule has 0 bridgehead atoms. The number of ether oxygens (including phenoxy) is 1. The molecular weight excluding hydrogens is 232 g/mol. The minimum atomic E-state index is -0.775. The quantitative estimate of drug-likeness (QED) is 0.866. The molecule has 0 amide bonds. The minimum absolute atomic E-state index is 0.591. The number of aromatic nitrogens is 4. The van der Waals surface area contributed by atoms with Crippen molar-refractivity contribution >= 4 is 0 Å². The smallest absolute Gasteiger partial charge is 0.163 e. The molecule has 0 spiro atoms. The Morgan fingerprint density at radius 1 is 1.28 bits per heavy atom. The van der Waals surface area contributed by atoms with Gasteiger partial charge in [0.15, 0.2) is 5.75 Å². The van der Waals surface area contributed by atoms with Crippen LogP contribution in [-0.4, -0.2) is 31.8 Å². The van der Waals surface area contributed by atoms with Crippen molar-refractivity contribution in [1.29, 1.82) is 0 Å². The van der Waals surface area contributed by atoms with Crippen molar-refractivity contribution in [3.05, 3.63) is 29.8 Å². The van der Waals surface area contributed by atoms with E-state index >= 15 is 0 Å². The van der Waals surface area contributed by atoms with E-state index in [9.17, 15) is 5.11 Å². The zero-order chi connectivity index (χ0) is 13.1. The van der Waals surface area contributed by atoms with Gasteiger partial charge in [-0.05, 0) is 13.8 Å². The van der Waals surface area contributed by atoms with Crippen LogP contribution in [0.1, 0.15) is 31.2 Å². The third-order valence-corrected chi connectivity index (χ3v) is 2.92. The van der Waals surface area contributed by atoms with Crippen LogP contribution in [0.25, 0.3) is 0 Å². The standard InChI is InChI=1S/C12H18N4O2/c1-4-15-8-9(6-13-15)12(17)11-10(18-3)7-14-16(11)5-2/h6-8,12,17H,4-5H2,1-3H3. The molecule has 6 heteroatoms. The number of hydrogen-bond donors (Lipinski definition) is 1. The summed E-state index contributed by atoms with van der Waals surface area (Å²) >= 11 is 0. The summed E-state index contributed by atoms with van der Waals surface area (Å²) in [6.07, 6.45) is 4.34. The fourth-order valence-corrected chi connectivity index (χ4v) is 1.91. The van der Waals surface area contributed by atoms with Crippen molar-refractivity contribution in [3.8, 4) is 5.75 Å². The average Bonchev–Trinajstić information content (AvgIpc) is 3.03. The summed E-state index contributed by atoms with van der Waals surface area (Å²) < 4.78 is 8.74. The summed E-state index contributed by atoms with van der Waals surface area (Å²) in [5, 5.41) is 18.8. The van der Waals surface area contributed by atoms with E-state index in [1.807, 2.05) is 20.0 Å². The van der Waals surface area contributed by atoms with Gasteiger partial charge in [0, 0.05) is 24.8 Å². The van der Waals surface area contributed by atoms with Gasteiger partial charge in [0.1, 0.15) is 11.8 Å². The first-order valence-electron chi connectivity index (χ1n) is 6.01. The third kappa shape index (κ3) is 2.11. The van der Waals surface area contributed by atoms with Gasteiger partial charge in [-0.25, -0.2) is 0 Å². The second kappa shape index (κ2) is 5.22. The molecule has 2 heterocycles. The van der Waals surface area contributed by atoms with Crippen LogP contribution in [-0.2, 0) is 13.1 Å². The minimum Gasteiger partial charge on any atom is -0.493 e. The van der Waals surface area contributed by atoms with E-state index < -0.39 is 6.10 Å². The first-order valence-corrected chi connectivity index (χ1v) is 6.01. The van der Waals surface area contributed by atoms with Crippen LogP contribution in [0.3, 0.4) is 0 Å². The molecule has 0 aliphatic heterocycles. The lowest BCUT2D eigenvalue weighted by molar-refractivity contribution is 0.202. The Kier molecular flexibility index (Phi) is 3.66. The number of aryl methyl sites for hydroxylation is 2. The molecule has 6 nitrogen and oxygen atoms in total.